The first kappa shape index (κ1) is 13.3. The van der Waals surface area contributed by atoms with Crippen LogP contribution in [0.4, 0.5) is 0 Å². The molecule has 2 saturated carbocycles. The molecule has 3 N–H and O–H groups in total. The number of rotatable bonds is 4. The van der Waals surface area contributed by atoms with Crippen molar-refractivity contribution in [3.8, 4) is 0 Å². The molecule has 6 heteroatoms. The Kier molecular flexibility index (Phi) is 3.12. The molecular weight excluding hydrogens is 258 g/mol. The van der Waals surface area contributed by atoms with Crippen LogP contribution in [0.3, 0.4) is 0 Å². The van der Waals surface area contributed by atoms with Crippen LogP contribution in [0, 0.1) is 6.92 Å². The molecule has 0 atom stereocenters. The van der Waals surface area contributed by atoms with Gasteiger partial charge in [0.1, 0.15) is 11.4 Å². The lowest BCUT2D eigenvalue weighted by Gasteiger charge is -2.36. The molecule has 0 aromatic carbocycles. The molecule has 2 aliphatic rings. The lowest BCUT2D eigenvalue weighted by atomic mass is 9.80. The van der Waals surface area contributed by atoms with E-state index in [0.29, 0.717) is 30.3 Å². The SMILES string of the molecule is Cc1nc(C2CC2)[nH]c(=O)c1C(=O)NCC1(O)CCC1. The molecule has 108 valence electrons. The number of nitrogens with one attached hydrogen (secondary N) is 2. The average molecular weight is 277 g/mol. The number of H-pyrrole nitrogens is 1. The number of aromatic amines is 1. The van der Waals surface area contributed by atoms with Crippen LogP contribution >= 0.6 is 0 Å². The number of carbonyl (C=O) groups is 1. The summed E-state index contributed by atoms with van der Waals surface area (Å²) in [5, 5.41) is 12.6. The molecule has 2 fully saturated rings. The number of carbonyl (C=O) groups excluding carboxylic acids is 1. The van der Waals surface area contributed by atoms with E-state index in [0.717, 1.165) is 19.3 Å². The second-order valence-corrected chi connectivity index (χ2v) is 5.95. The Hall–Kier alpha value is -1.69. The van der Waals surface area contributed by atoms with Crippen molar-refractivity contribution in [1.29, 1.82) is 0 Å². The lowest BCUT2D eigenvalue weighted by Crippen LogP contribution is -2.48. The number of hydrogen-bond donors (Lipinski definition) is 3. The van der Waals surface area contributed by atoms with E-state index in [1.807, 2.05) is 0 Å². The molecule has 2 aliphatic carbocycles. The molecule has 0 bridgehead atoms. The molecule has 20 heavy (non-hydrogen) atoms. The third kappa shape index (κ3) is 2.47. The third-order valence-electron chi connectivity index (χ3n) is 4.17. The van der Waals surface area contributed by atoms with Gasteiger partial charge < -0.3 is 15.4 Å². The van der Waals surface area contributed by atoms with Crippen molar-refractivity contribution in [3.63, 3.8) is 0 Å². The van der Waals surface area contributed by atoms with E-state index in [4.69, 9.17) is 0 Å². The highest BCUT2D eigenvalue weighted by atomic mass is 16.3. The summed E-state index contributed by atoms with van der Waals surface area (Å²) in [6.45, 7) is 1.86. The third-order valence-corrected chi connectivity index (χ3v) is 4.17. The van der Waals surface area contributed by atoms with Gasteiger partial charge in [0, 0.05) is 12.5 Å². The fraction of sp³-hybridized carbons (Fsp3) is 0.643. The smallest absolute Gasteiger partial charge is 0.264 e. The largest absolute Gasteiger partial charge is 0.388 e. The quantitative estimate of drug-likeness (QED) is 0.751. The lowest BCUT2D eigenvalue weighted by molar-refractivity contribution is -0.0300. The summed E-state index contributed by atoms with van der Waals surface area (Å²) in [5.41, 5.74) is -0.680. The summed E-state index contributed by atoms with van der Waals surface area (Å²) in [6.07, 6.45) is 4.45. The Morgan fingerprint density at radius 1 is 1.50 bits per heavy atom. The van der Waals surface area contributed by atoms with Gasteiger partial charge in [-0.2, -0.15) is 0 Å². The normalized spacial score (nSPS) is 20.3. The topological polar surface area (TPSA) is 95.1 Å². The maximum absolute atomic E-state index is 12.1. The van der Waals surface area contributed by atoms with E-state index in [9.17, 15) is 14.7 Å². The minimum atomic E-state index is -0.794. The van der Waals surface area contributed by atoms with Gasteiger partial charge in [-0.25, -0.2) is 4.98 Å². The van der Waals surface area contributed by atoms with Crippen LogP contribution in [-0.2, 0) is 0 Å². The number of amides is 1. The van der Waals surface area contributed by atoms with Crippen LogP contribution in [0.1, 0.15) is 59.9 Å². The predicted molar refractivity (Wildman–Crippen MR) is 72.7 cm³/mol. The number of aryl methyl sites for hydroxylation is 1. The Morgan fingerprint density at radius 2 is 2.20 bits per heavy atom. The van der Waals surface area contributed by atoms with Crippen LogP contribution in [0.25, 0.3) is 0 Å². The molecule has 0 radical (unpaired) electrons. The summed E-state index contributed by atoms with van der Waals surface area (Å²) in [7, 11) is 0. The summed E-state index contributed by atoms with van der Waals surface area (Å²) in [6, 6.07) is 0. The molecule has 3 rings (SSSR count). The van der Waals surface area contributed by atoms with E-state index >= 15 is 0 Å². The highest BCUT2D eigenvalue weighted by Gasteiger charge is 2.35. The molecule has 0 saturated heterocycles. The van der Waals surface area contributed by atoms with Crippen molar-refractivity contribution in [2.24, 2.45) is 0 Å². The van der Waals surface area contributed by atoms with Gasteiger partial charge in [-0.15, -0.1) is 0 Å². The van der Waals surface area contributed by atoms with Crippen molar-refractivity contribution < 1.29 is 9.90 Å². The van der Waals surface area contributed by atoms with Gasteiger partial charge in [0.25, 0.3) is 11.5 Å². The second kappa shape index (κ2) is 4.70. The van der Waals surface area contributed by atoms with E-state index in [1.54, 1.807) is 6.92 Å². The van der Waals surface area contributed by atoms with Crippen LogP contribution in [0.15, 0.2) is 4.79 Å². The number of aromatic nitrogens is 2. The summed E-state index contributed by atoms with van der Waals surface area (Å²) < 4.78 is 0. The molecule has 0 spiro atoms. The molecule has 1 aromatic rings. The first-order valence-electron chi connectivity index (χ1n) is 7.10. The van der Waals surface area contributed by atoms with Gasteiger partial charge in [0.2, 0.25) is 0 Å². The molecule has 6 nitrogen and oxygen atoms in total. The Balaban J connectivity index is 1.75. The standard InChI is InChI=1S/C14H19N3O3/c1-8-10(12(18)15-7-14(20)5-2-6-14)13(19)17-11(16-8)9-3-4-9/h9,20H,2-7H2,1H3,(H,15,18)(H,16,17,19). The molecule has 0 unspecified atom stereocenters. The molecule has 1 aromatic heterocycles. The van der Waals surface area contributed by atoms with Crippen molar-refractivity contribution >= 4 is 5.91 Å². The van der Waals surface area contributed by atoms with E-state index in [-0.39, 0.29) is 12.1 Å². The van der Waals surface area contributed by atoms with Crippen LogP contribution in [-0.4, -0.2) is 33.1 Å². The predicted octanol–water partition coefficient (Wildman–Crippen LogP) is 0.601. The maximum atomic E-state index is 12.1. The van der Waals surface area contributed by atoms with Gasteiger partial charge in [0.05, 0.1) is 11.3 Å². The number of hydrogen-bond acceptors (Lipinski definition) is 4. The highest BCUT2D eigenvalue weighted by Crippen LogP contribution is 2.37. The summed E-state index contributed by atoms with van der Waals surface area (Å²) in [4.78, 5) is 31.1. The van der Waals surface area contributed by atoms with Crippen LogP contribution < -0.4 is 10.9 Å². The monoisotopic (exact) mass is 277 g/mol. The maximum Gasteiger partial charge on any atom is 0.264 e. The summed E-state index contributed by atoms with van der Waals surface area (Å²) in [5.74, 6) is 0.565. The minimum Gasteiger partial charge on any atom is -0.388 e. The van der Waals surface area contributed by atoms with Crippen molar-refractivity contribution in [1.82, 2.24) is 15.3 Å². The summed E-state index contributed by atoms with van der Waals surface area (Å²) >= 11 is 0. The highest BCUT2D eigenvalue weighted by molar-refractivity contribution is 5.94. The molecule has 0 aliphatic heterocycles. The first-order chi connectivity index (χ1) is 9.48. The molecule has 1 amide bonds. The zero-order chi connectivity index (χ0) is 14.3. The molecule has 1 heterocycles. The average Bonchev–Trinajstić information content (AvgIpc) is 3.17. The Morgan fingerprint density at radius 3 is 2.70 bits per heavy atom. The van der Waals surface area contributed by atoms with E-state index in [1.165, 1.54) is 0 Å². The number of aliphatic hydroxyl groups is 1. The Labute approximate surface area is 116 Å². The van der Waals surface area contributed by atoms with Gasteiger partial charge in [-0.1, -0.05) is 0 Å². The Bertz CT molecular complexity index is 600. The first-order valence-corrected chi connectivity index (χ1v) is 7.10. The van der Waals surface area contributed by atoms with Crippen LogP contribution in [0.5, 0.6) is 0 Å². The minimum absolute atomic E-state index is 0.0531. The van der Waals surface area contributed by atoms with Crippen molar-refractivity contribution in [3.05, 3.63) is 27.4 Å². The van der Waals surface area contributed by atoms with Gasteiger partial charge in [-0.3, -0.25) is 9.59 Å². The fourth-order valence-electron chi connectivity index (χ4n) is 2.52. The van der Waals surface area contributed by atoms with Gasteiger partial charge in [-0.05, 0) is 39.0 Å². The second-order valence-electron chi connectivity index (χ2n) is 5.95. The number of nitrogens with zero attached hydrogens (tertiary/aromatic N) is 1. The fourth-order valence-corrected chi connectivity index (χ4v) is 2.52. The van der Waals surface area contributed by atoms with Gasteiger partial charge >= 0.3 is 0 Å². The van der Waals surface area contributed by atoms with Crippen LogP contribution in [0.2, 0.25) is 0 Å². The zero-order valence-corrected chi connectivity index (χ0v) is 11.5. The van der Waals surface area contributed by atoms with E-state index < -0.39 is 17.1 Å². The van der Waals surface area contributed by atoms with Gasteiger partial charge in [0.15, 0.2) is 0 Å². The molecular formula is C14H19N3O3. The zero-order valence-electron chi connectivity index (χ0n) is 11.5. The van der Waals surface area contributed by atoms with E-state index in [2.05, 4.69) is 15.3 Å². The van der Waals surface area contributed by atoms with Crippen molar-refractivity contribution in [2.75, 3.05) is 6.54 Å². The van der Waals surface area contributed by atoms with Crippen molar-refractivity contribution in [2.45, 2.75) is 50.5 Å².